The lowest BCUT2D eigenvalue weighted by Crippen LogP contribution is -2.35. The summed E-state index contributed by atoms with van der Waals surface area (Å²) in [6.45, 7) is -0.582. The zero-order valence-corrected chi connectivity index (χ0v) is 10.1. The quantitative estimate of drug-likeness (QED) is 0.837. The molecular formula is C12H10ClNO4. The maximum atomic E-state index is 11.9. The normalized spacial score (nSPS) is 19.4. The number of hydrogen-bond donors (Lipinski definition) is 1. The molecule has 1 aliphatic heterocycles. The van der Waals surface area contributed by atoms with Crippen LogP contribution >= 0.6 is 11.6 Å². The van der Waals surface area contributed by atoms with Gasteiger partial charge in [0.1, 0.15) is 6.54 Å². The fourth-order valence-electron chi connectivity index (χ4n) is 1.94. The molecule has 1 aliphatic rings. The van der Waals surface area contributed by atoms with E-state index in [1.165, 1.54) is 0 Å². The highest BCUT2D eigenvalue weighted by Crippen LogP contribution is 2.30. The van der Waals surface area contributed by atoms with Crippen LogP contribution in [-0.2, 0) is 14.4 Å². The molecule has 1 fully saturated rings. The molecule has 0 spiro atoms. The Morgan fingerprint density at radius 2 is 1.94 bits per heavy atom. The van der Waals surface area contributed by atoms with Crippen LogP contribution in [0, 0.1) is 0 Å². The molecule has 1 aromatic rings. The molecule has 2 rings (SSSR count). The highest BCUT2D eigenvalue weighted by atomic mass is 35.5. The third-order valence-electron chi connectivity index (χ3n) is 2.81. The molecule has 18 heavy (non-hydrogen) atoms. The van der Waals surface area contributed by atoms with Gasteiger partial charge in [-0.15, -0.1) is 0 Å². The average Bonchev–Trinajstić information content (AvgIpc) is 2.58. The fraction of sp³-hybridized carbons (Fsp3) is 0.250. The zero-order chi connectivity index (χ0) is 13.3. The minimum atomic E-state index is -1.20. The summed E-state index contributed by atoms with van der Waals surface area (Å²) in [5.74, 6) is -2.73. The number of nitrogens with zero attached hydrogens (tertiary/aromatic N) is 1. The Bertz CT molecular complexity index is 511. The van der Waals surface area contributed by atoms with Gasteiger partial charge in [-0.25, -0.2) is 0 Å². The largest absolute Gasteiger partial charge is 0.480 e. The van der Waals surface area contributed by atoms with Crippen LogP contribution in [0.2, 0.25) is 5.02 Å². The highest BCUT2D eigenvalue weighted by molar-refractivity contribution is 6.30. The topological polar surface area (TPSA) is 74.7 Å². The average molecular weight is 268 g/mol. The molecule has 1 unspecified atom stereocenters. The van der Waals surface area contributed by atoms with Crippen molar-refractivity contribution in [2.75, 3.05) is 6.54 Å². The summed E-state index contributed by atoms with van der Waals surface area (Å²) < 4.78 is 0. The molecule has 1 aromatic carbocycles. The van der Waals surface area contributed by atoms with Crippen molar-refractivity contribution in [3.8, 4) is 0 Å². The van der Waals surface area contributed by atoms with Crippen LogP contribution in [0.15, 0.2) is 24.3 Å². The minimum Gasteiger partial charge on any atom is -0.480 e. The van der Waals surface area contributed by atoms with Gasteiger partial charge in [-0.1, -0.05) is 23.7 Å². The predicted molar refractivity (Wildman–Crippen MR) is 63.2 cm³/mol. The van der Waals surface area contributed by atoms with E-state index < -0.39 is 30.2 Å². The van der Waals surface area contributed by atoms with Gasteiger partial charge in [0.2, 0.25) is 11.8 Å². The number of aliphatic carboxylic acids is 1. The molecule has 6 heteroatoms. The van der Waals surface area contributed by atoms with E-state index in [2.05, 4.69) is 0 Å². The Kier molecular flexibility index (Phi) is 3.34. The van der Waals surface area contributed by atoms with Gasteiger partial charge in [0.25, 0.3) is 0 Å². The summed E-state index contributed by atoms with van der Waals surface area (Å²) in [7, 11) is 0. The Balaban J connectivity index is 2.22. The molecule has 0 radical (unpaired) electrons. The number of carboxylic acid groups (broad SMARTS) is 1. The van der Waals surface area contributed by atoms with Crippen LogP contribution < -0.4 is 0 Å². The van der Waals surface area contributed by atoms with Gasteiger partial charge in [0.05, 0.1) is 5.92 Å². The van der Waals surface area contributed by atoms with Crippen molar-refractivity contribution in [2.24, 2.45) is 0 Å². The number of likely N-dealkylation sites (tertiary alicyclic amines) is 1. The first-order valence-electron chi connectivity index (χ1n) is 5.30. The van der Waals surface area contributed by atoms with E-state index in [0.717, 1.165) is 4.90 Å². The lowest BCUT2D eigenvalue weighted by atomic mass is 9.98. The van der Waals surface area contributed by atoms with Gasteiger partial charge in [-0.2, -0.15) is 0 Å². The van der Waals surface area contributed by atoms with Crippen LogP contribution in [0.1, 0.15) is 17.9 Å². The van der Waals surface area contributed by atoms with Gasteiger partial charge in [-0.05, 0) is 17.7 Å². The standard InChI is InChI=1S/C12H10ClNO4/c13-8-3-1-7(2-4-8)9-5-10(15)14(12(9)18)6-11(16)17/h1-4,9H,5-6H2,(H,16,17). The Morgan fingerprint density at radius 3 is 2.50 bits per heavy atom. The molecule has 0 aromatic heterocycles. The second-order valence-corrected chi connectivity index (χ2v) is 4.46. The SMILES string of the molecule is O=C(O)CN1C(=O)CC(c2ccc(Cl)cc2)C1=O. The first kappa shape index (κ1) is 12.6. The highest BCUT2D eigenvalue weighted by Gasteiger charge is 2.40. The summed E-state index contributed by atoms with van der Waals surface area (Å²) in [6, 6.07) is 6.61. The van der Waals surface area contributed by atoms with Gasteiger partial charge in [0.15, 0.2) is 0 Å². The molecule has 1 saturated heterocycles. The fourth-order valence-corrected chi connectivity index (χ4v) is 2.07. The lowest BCUT2D eigenvalue weighted by Gasteiger charge is -2.12. The van der Waals surface area contributed by atoms with Gasteiger partial charge >= 0.3 is 5.97 Å². The summed E-state index contributed by atoms with van der Waals surface area (Å²) in [6.07, 6.45) is 0.00768. The lowest BCUT2D eigenvalue weighted by molar-refractivity contribution is -0.148. The second kappa shape index (κ2) is 4.78. The summed E-state index contributed by atoms with van der Waals surface area (Å²) >= 11 is 5.74. The Morgan fingerprint density at radius 1 is 1.33 bits per heavy atom. The predicted octanol–water partition coefficient (Wildman–Crippen LogP) is 1.27. The first-order valence-corrected chi connectivity index (χ1v) is 5.68. The molecule has 1 heterocycles. The van der Waals surface area contributed by atoms with Crippen LogP contribution in [0.4, 0.5) is 0 Å². The van der Waals surface area contributed by atoms with E-state index in [4.69, 9.17) is 16.7 Å². The molecule has 5 nitrogen and oxygen atoms in total. The second-order valence-electron chi connectivity index (χ2n) is 4.02. The maximum Gasteiger partial charge on any atom is 0.323 e. The number of carbonyl (C=O) groups excluding carboxylic acids is 2. The Hall–Kier alpha value is -1.88. The number of carboxylic acids is 1. The van der Waals surface area contributed by atoms with Gasteiger partial charge in [-0.3, -0.25) is 19.3 Å². The van der Waals surface area contributed by atoms with Crippen molar-refractivity contribution >= 4 is 29.4 Å². The molecule has 1 N–H and O–H groups in total. The third kappa shape index (κ3) is 2.36. The van der Waals surface area contributed by atoms with Crippen LogP contribution in [0.3, 0.4) is 0 Å². The minimum absolute atomic E-state index is 0.00768. The summed E-state index contributed by atoms with van der Waals surface area (Å²) in [4.78, 5) is 34.9. The smallest absolute Gasteiger partial charge is 0.323 e. The van der Waals surface area contributed by atoms with Crippen molar-refractivity contribution in [1.29, 1.82) is 0 Å². The maximum absolute atomic E-state index is 11.9. The van der Waals surface area contributed by atoms with E-state index in [1.807, 2.05) is 0 Å². The van der Waals surface area contributed by atoms with Crippen molar-refractivity contribution in [3.63, 3.8) is 0 Å². The van der Waals surface area contributed by atoms with Crippen molar-refractivity contribution in [3.05, 3.63) is 34.9 Å². The molecule has 0 saturated carbocycles. The molecule has 94 valence electrons. The summed E-state index contributed by atoms with van der Waals surface area (Å²) in [5.41, 5.74) is 0.672. The summed E-state index contributed by atoms with van der Waals surface area (Å²) in [5, 5.41) is 9.18. The van der Waals surface area contributed by atoms with Crippen LogP contribution in [-0.4, -0.2) is 34.3 Å². The van der Waals surface area contributed by atoms with Crippen LogP contribution in [0.25, 0.3) is 0 Å². The molecule has 0 aliphatic carbocycles. The van der Waals surface area contributed by atoms with E-state index in [1.54, 1.807) is 24.3 Å². The first-order chi connectivity index (χ1) is 8.49. The third-order valence-corrected chi connectivity index (χ3v) is 3.06. The number of imide groups is 1. The van der Waals surface area contributed by atoms with Crippen molar-refractivity contribution in [2.45, 2.75) is 12.3 Å². The van der Waals surface area contributed by atoms with E-state index in [0.29, 0.717) is 10.6 Å². The van der Waals surface area contributed by atoms with Crippen molar-refractivity contribution in [1.82, 2.24) is 4.90 Å². The van der Waals surface area contributed by atoms with Crippen LogP contribution in [0.5, 0.6) is 0 Å². The number of amides is 2. The molecular weight excluding hydrogens is 258 g/mol. The molecule has 0 bridgehead atoms. The Labute approximate surface area is 108 Å². The van der Waals surface area contributed by atoms with Gasteiger partial charge < -0.3 is 5.11 Å². The van der Waals surface area contributed by atoms with E-state index in [9.17, 15) is 14.4 Å². The number of halogens is 1. The van der Waals surface area contributed by atoms with E-state index in [-0.39, 0.29) is 6.42 Å². The molecule has 1 atom stereocenters. The number of carbonyl (C=O) groups is 3. The van der Waals surface area contributed by atoms with Crippen molar-refractivity contribution < 1.29 is 19.5 Å². The number of hydrogen-bond acceptors (Lipinski definition) is 3. The van der Waals surface area contributed by atoms with E-state index >= 15 is 0 Å². The zero-order valence-electron chi connectivity index (χ0n) is 9.30. The van der Waals surface area contributed by atoms with Gasteiger partial charge in [0, 0.05) is 11.4 Å². The molecule has 2 amide bonds. The number of rotatable bonds is 3. The monoisotopic (exact) mass is 267 g/mol. The number of benzene rings is 1.